The third kappa shape index (κ3) is 19.9. The van der Waals surface area contributed by atoms with Gasteiger partial charge in [0, 0.05) is 69.0 Å². The van der Waals surface area contributed by atoms with Crippen LogP contribution in [-0.4, -0.2) is 171 Å². The van der Waals surface area contributed by atoms with E-state index >= 15 is 19.5 Å². The lowest BCUT2D eigenvalue weighted by atomic mass is 9.77. The van der Waals surface area contributed by atoms with E-state index in [9.17, 15) is 0 Å². The molecule has 3 aromatic carbocycles. The summed E-state index contributed by atoms with van der Waals surface area (Å²) in [6, 6.07) is 0. The lowest BCUT2D eigenvalue weighted by Crippen LogP contribution is -2.35. The normalized spacial score (nSPS) is 15.9. The molecule has 0 atom stereocenters. The number of ether oxygens (including phenoxy) is 15. The minimum atomic E-state index is -2.74. The van der Waals surface area contributed by atoms with E-state index in [1.54, 1.807) is 20.8 Å². The molecule has 19 nitrogen and oxygen atoms in total. The van der Waals surface area contributed by atoms with Gasteiger partial charge in [0.15, 0.2) is 40.1 Å². The molecular formula is C73H112O19S6. The zero-order valence-corrected chi connectivity index (χ0v) is 68.3. The van der Waals surface area contributed by atoms with Gasteiger partial charge in [0.2, 0.25) is 0 Å². The topological polar surface area (TPSA) is 210 Å². The molecule has 0 spiro atoms. The van der Waals surface area contributed by atoms with Gasteiger partial charge in [-0.2, -0.15) is 0 Å². The van der Waals surface area contributed by atoms with E-state index < -0.39 is 69.4 Å². The number of carbonyl (C=O) groups is 3. The molecule has 0 unspecified atom stereocenters. The number of fused-ring (bicyclic) bond motifs is 3. The summed E-state index contributed by atoms with van der Waals surface area (Å²) < 4.78 is 95.1. The third-order valence-electron chi connectivity index (χ3n) is 15.5. The first-order chi connectivity index (χ1) is 45.4. The number of rotatable bonds is 33. The van der Waals surface area contributed by atoms with E-state index in [0.717, 1.165) is 0 Å². The second-order valence-corrected chi connectivity index (χ2v) is 39.0. The minimum absolute atomic E-state index is 0.00883. The highest BCUT2D eigenvalue weighted by atomic mass is 32.2. The Bertz CT molecular complexity index is 2890. The van der Waals surface area contributed by atoms with Gasteiger partial charge in [-0.25, -0.2) is 14.4 Å². The fraction of sp³-hybridized carbons (Fsp3) is 0.712. The van der Waals surface area contributed by atoms with Crippen LogP contribution < -0.4 is 28.4 Å². The first-order valence-electron chi connectivity index (χ1n) is 33.6. The van der Waals surface area contributed by atoms with E-state index in [1.807, 2.05) is 125 Å². The number of hydrogen-bond donors (Lipinski definition) is 1. The second-order valence-electron chi connectivity index (χ2n) is 29.9. The van der Waals surface area contributed by atoms with Crippen LogP contribution in [0.1, 0.15) is 232 Å². The lowest BCUT2D eigenvalue weighted by Gasteiger charge is -2.39. The fourth-order valence-corrected chi connectivity index (χ4v) is 21.7. The van der Waals surface area contributed by atoms with Gasteiger partial charge in [-0.15, -0.1) is 70.6 Å². The van der Waals surface area contributed by atoms with Gasteiger partial charge in [-0.1, -0.05) is 0 Å². The van der Waals surface area contributed by atoms with Crippen molar-refractivity contribution in [1.29, 1.82) is 0 Å². The second kappa shape index (κ2) is 33.2. The fourth-order valence-electron chi connectivity index (χ4n) is 11.5. The van der Waals surface area contributed by atoms with E-state index in [4.69, 9.17) is 71.1 Å². The molecule has 0 saturated heterocycles. The SMILES string of the molecule is CCOC(=O)c1c(OC)c(OC)c(C(O)(c2c(OC)c(OC)c(C(=O)OCC)c3c2SC(CCOC(C)(C)C)(CCOC(C)(C)C)S3)c2c(OC)c(OC)c(C(=O)OCC)c3c2SC(CCOC(C)(C)C)(CCOC(C)(C)C)S3)c2c1SC(CCOC(C)(C)C)(CCOC(C)(C)C)S2. The molecule has 0 fully saturated rings. The highest BCUT2D eigenvalue weighted by Crippen LogP contribution is 2.74. The van der Waals surface area contributed by atoms with Crippen molar-refractivity contribution in [3.05, 3.63) is 33.4 Å². The smallest absolute Gasteiger partial charge is 0.343 e. The third-order valence-corrected chi connectivity index (χ3v) is 25.8. The van der Waals surface area contributed by atoms with Gasteiger partial charge in [-0.3, -0.25) is 0 Å². The van der Waals surface area contributed by atoms with Crippen LogP contribution >= 0.6 is 70.6 Å². The molecule has 0 aromatic heterocycles. The standard InChI is InChI=1S/C73H112O19S6/c1-28-84-61(74)43-49(78-22)52(81-25)46(58-55(43)93-70(96-58,31-37-87-64(4,5)6)32-38-88-65(7,8)9)73(77,47-53(82-26)50(79-23)44(62(75)85-29-2)56-59(47)97-71(94-56,33-39-89-66(10,11)12)34-40-90-67(13,14)15)48-54(83-27)51(80-24)45(63(76)86-30-3)57-60(48)98-72(95-57,35-41-91-68(16,17)18)36-42-92-69(19,20)21/h77H,28-42H2,1-27H3. The minimum Gasteiger partial charge on any atom is -0.492 e. The largest absolute Gasteiger partial charge is 0.492 e. The molecule has 0 radical (unpaired) electrons. The van der Waals surface area contributed by atoms with Crippen molar-refractivity contribution in [2.45, 2.75) is 265 Å². The van der Waals surface area contributed by atoms with Gasteiger partial charge in [0.25, 0.3) is 0 Å². The lowest BCUT2D eigenvalue weighted by molar-refractivity contribution is -0.0149. The van der Waals surface area contributed by atoms with Gasteiger partial charge >= 0.3 is 17.9 Å². The number of carbonyl (C=O) groups excluding carboxylic acids is 3. The van der Waals surface area contributed by atoms with Crippen molar-refractivity contribution < 1.29 is 90.5 Å². The molecule has 3 aliphatic heterocycles. The number of benzene rings is 3. The Hall–Kier alpha value is -3.31. The van der Waals surface area contributed by atoms with Crippen molar-refractivity contribution in [3.8, 4) is 34.5 Å². The predicted octanol–water partition coefficient (Wildman–Crippen LogP) is 17.5. The number of hydrogen-bond acceptors (Lipinski definition) is 25. The Kier molecular flexibility index (Phi) is 28.3. The monoisotopic (exact) mass is 1480 g/mol. The summed E-state index contributed by atoms with van der Waals surface area (Å²) in [6.07, 6.45) is 2.41. The van der Waals surface area contributed by atoms with Crippen LogP contribution in [-0.2, 0) is 48.2 Å². The maximum absolute atomic E-state index is 16.6. The molecule has 3 aliphatic rings. The van der Waals surface area contributed by atoms with Crippen LogP contribution in [0, 0.1) is 0 Å². The van der Waals surface area contributed by atoms with Gasteiger partial charge in [-0.05, 0) is 184 Å². The molecular weight excluding hydrogens is 1370 g/mol. The maximum atomic E-state index is 16.6. The zero-order chi connectivity index (χ0) is 73.6. The molecule has 554 valence electrons. The van der Waals surface area contributed by atoms with Crippen molar-refractivity contribution >= 4 is 88.5 Å². The Labute approximate surface area is 609 Å². The highest BCUT2D eigenvalue weighted by Gasteiger charge is 2.60. The Balaban J connectivity index is 2.04. The number of methoxy groups -OCH3 is 6. The van der Waals surface area contributed by atoms with E-state index in [-0.39, 0.29) is 127 Å². The summed E-state index contributed by atoms with van der Waals surface area (Å²) in [5.41, 5.74) is -5.57. The maximum Gasteiger partial charge on any atom is 0.343 e. The molecule has 0 saturated carbocycles. The molecule has 1 N–H and O–H groups in total. The molecule has 98 heavy (non-hydrogen) atoms. The summed E-state index contributed by atoms with van der Waals surface area (Å²) in [7, 11) is 8.68. The summed E-state index contributed by atoms with van der Waals surface area (Å²) in [5, 5.41) is 16.6. The Morgan fingerprint density at radius 1 is 0.306 bits per heavy atom. The van der Waals surface area contributed by atoms with Crippen molar-refractivity contribution in [3.63, 3.8) is 0 Å². The van der Waals surface area contributed by atoms with Crippen LogP contribution in [0.15, 0.2) is 29.4 Å². The summed E-state index contributed by atoms with van der Waals surface area (Å²) >= 11 is 8.62. The molecule has 0 aliphatic carbocycles. The predicted molar refractivity (Wildman–Crippen MR) is 394 cm³/mol. The number of aliphatic hydroxyl groups is 1. The van der Waals surface area contributed by atoms with Crippen molar-refractivity contribution in [1.82, 2.24) is 0 Å². The molecule has 3 aromatic rings. The Morgan fingerprint density at radius 2 is 0.480 bits per heavy atom. The summed E-state index contributed by atoms with van der Waals surface area (Å²) in [6.45, 7) is 42.9. The van der Waals surface area contributed by atoms with Crippen LogP contribution in [0.4, 0.5) is 0 Å². The van der Waals surface area contributed by atoms with Gasteiger partial charge < -0.3 is 76.2 Å². The van der Waals surface area contributed by atoms with E-state index in [2.05, 4.69) is 0 Å². The first kappa shape index (κ1) is 83.6. The zero-order valence-electron chi connectivity index (χ0n) is 63.4. The molecule has 25 heteroatoms. The van der Waals surface area contributed by atoms with Crippen molar-refractivity contribution in [2.24, 2.45) is 0 Å². The average Bonchev–Trinajstić information content (AvgIpc) is 1.36. The molecule has 3 heterocycles. The summed E-state index contributed by atoms with van der Waals surface area (Å²) in [5.74, 6) is -2.47. The van der Waals surface area contributed by atoms with Crippen LogP contribution in [0.25, 0.3) is 0 Å². The van der Waals surface area contributed by atoms with E-state index in [1.165, 1.54) is 113 Å². The number of esters is 3. The average molecular weight is 1490 g/mol. The molecule has 0 amide bonds. The quantitative estimate of drug-likeness (QED) is 0.0341. The summed E-state index contributed by atoms with van der Waals surface area (Å²) in [4.78, 5) is 48.2. The van der Waals surface area contributed by atoms with Gasteiger partial charge in [0.05, 0.1) is 125 Å². The van der Waals surface area contributed by atoms with Crippen LogP contribution in [0.2, 0.25) is 0 Å². The highest BCUT2D eigenvalue weighted by molar-refractivity contribution is 8.21. The first-order valence-corrected chi connectivity index (χ1v) is 38.5. The number of thioether (sulfide) groups is 6. The van der Waals surface area contributed by atoms with Crippen LogP contribution in [0.3, 0.4) is 0 Å². The van der Waals surface area contributed by atoms with Crippen LogP contribution in [0.5, 0.6) is 34.5 Å². The molecule has 0 bridgehead atoms. The van der Waals surface area contributed by atoms with E-state index in [0.29, 0.717) is 67.9 Å². The van der Waals surface area contributed by atoms with Crippen molar-refractivity contribution in [2.75, 3.05) is 102 Å². The van der Waals surface area contributed by atoms with Gasteiger partial charge in [0.1, 0.15) is 16.7 Å². The molecule has 6 rings (SSSR count). The Morgan fingerprint density at radius 3 is 0.633 bits per heavy atom.